The minimum Gasteiger partial charge on any atom is -0.466 e. The summed E-state index contributed by atoms with van der Waals surface area (Å²) in [5.74, 6) is 1.56. The van der Waals surface area contributed by atoms with E-state index in [1.54, 1.807) is 6.26 Å². The summed E-state index contributed by atoms with van der Waals surface area (Å²) in [6.45, 7) is 4.55. The second-order valence-electron chi connectivity index (χ2n) is 8.06. The molecule has 3 aliphatic heterocycles. The van der Waals surface area contributed by atoms with Crippen molar-refractivity contribution in [3.63, 3.8) is 0 Å². The van der Waals surface area contributed by atoms with Crippen molar-refractivity contribution < 1.29 is 14.3 Å². The van der Waals surface area contributed by atoms with Gasteiger partial charge in [-0.05, 0) is 56.6 Å². The van der Waals surface area contributed by atoms with E-state index >= 15 is 0 Å². The molecule has 5 heteroatoms. The zero-order valence-electron chi connectivity index (χ0n) is 14.5. The second-order valence-corrected chi connectivity index (χ2v) is 8.06. The molecule has 4 rings (SSSR count). The number of likely N-dealkylation sites (tertiary alicyclic amines) is 1. The van der Waals surface area contributed by atoms with E-state index in [1.165, 1.54) is 6.42 Å². The Morgan fingerprint density at radius 1 is 1.33 bits per heavy atom. The van der Waals surface area contributed by atoms with Gasteiger partial charge in [0.1, 0.15) is 11.4 Å². The van der Waals surface area contributed by atoms with Gasteiger partial charge in [-0.1, -0.05) is 6.92 Å². The predicted octanol–water partition coefficient (Wildman–Crippen LogP) is 2.35. The van der Waals surface area contributed by atoms with Crippen LogP contribution in [0.3, 0.4) is 0 Å². The molecule has 3 saturated heterocycles. The van der Waals surface area contributed by atoms with Crippen LogP contribution >= 0.6 is 0 Å². The van der Waals surface area contributed by atoms with E-state index in [1.807, 2.05) is 17.0 Å². The predicted molar refractivity (Wildman–Crippen MR) is 90.3 cm³/mol. The highest BCUT2D eigenvalue weighted by molar-refractivity contribution is 5.78. The lowest BCUT2D eigenvalue weighted by molar-refractivity contribution is -0.138. The first-order valence-electron chi connectivity index (χ1n) is 9.35. The number of fused-ring (bicyclic) bond motifs is 2. The summed E-state index contributed by atoms with van der Waals surface area (Å²) in [6.07, 6.45) is 7.45. The molecule has 1 amide bonds. The van der Waals surface area contributed by atoms with E-state index in [0.717, 1.165) is 32.4 Å². The lowest BCUT2D eigenvalue weighted by Crippen LogP contribution is -2.53. The van der Waals surface area contributed by atoms with E-state index in [9.17, 15) is 9.90 Å². The van der Waals surface area contributed by atoms with Crippen LogP contribution in [-0.2, 0) is 10.4 Å². The highest BCUT2D eigenvalue weighted by Crippen LogP contribution is 2.45. The van der Waals surface area contributed by atoms with Crippen molar-refractivity contribution in [1.29, 1.82) is 0 Å². The van der Waals surface area contributed by atoms with Gasteiger partial charge in [0.15, 0.2) is 0 Å². The average molecular weight is 332 g/mol. The van der Waals surface area contributed by atoms with E-state index in [0.29, 0.717) is 31.1 Å². The Morgan fingerprint density at radius 3 is 2.71 bits per heavy atom. The number of nitrogens with zero attached hydrogens (tertiary/aromatic N) is 2. The topological polar surface area (TPSA) is 56.9 Å². The van der Waals surface area contributed by atoms with E-state index in [-0.39, 0.29) is 18.0 Å². The second kappa shape index (κ2) is 6.19. The molecular formula is C19H28N2O3. The van der Waals surface area contributed by atoms with Crippen LogP contribution in [0, 0.1) is 5.92 Å². The van der Waals surface area contributed by atoms with Gasteiger partial charge in [0.2, 0.25) is 5.91 Å². The maximum Gasteiger partial charge on any atom is 0.236 e. The van der Waals surface area contributed by atoms with Crippen LogP contribution in [0.5, 0.6) is 0 Å². The van der Waals surface area contributed by atoms with Crippen LogP contribution in [0.2, 0.25) is 0 Å². The first kappa shape index (κ1) is 16.2. The van der Waals surface area contributed by atoms with E-state index < -0.39 is 5.60 Å². The quantitative estimate of drug-likeness (QED) is 0.923. The Balaban J connectivity index is 1.42. The molecular weight excluding hydrogens is 304 g/mol. The van der Waals surface area contributed by atoms with Gasteiger partial charge in [0, 0.05) is 25.2 Å². The van der Waals surface area contributed by atoms with Gasteiger partial charge in [0.25, 0.3) is 0 Å². The molecule has 5 nitrogen and oxygen atoms in total. The number of rotatable bonds is 3. The van der Waals surface area contributed by atoms with Gasteiger partial charge in [0.05, 0.1) is 12.8 Å². The van der Waals surface area contributed by atoms with E-state index in [4.69, 9.17) is 4.42 Å². The van der Waals surface area contributed by atoms with Crippen LogP contribution in [0.15, 0.2) is 22.8 Å². The van der Waals surface area contributed by atoms with Crippen molar-refractivity contribution in [2.75, 3.05) is 19.6 Å². The fourth-order valence-electron chi connectivity index (χ4n) is 4.99. The maximum absolute atomic E-state index is 12.7. The molecule has 3 aliphatic rings. The molecule has 1 aromatic rings. The SMILES string of the molecule is C[C@H]1CCCN(C(=O)CN2[C@@H]3CC[C@H]2CC(O)(c2ccco2)C3)C1. The Hall–Kier alpha value is -1.33. The number of piperidine rings is 2. The number of amides is 1. The number of aliphatic hydroxyl groups is 1. The van der Waals surface area contributed by atoms with Crippen LogP contribution in [0.25, 0.3) is 0 Å². The van der Waals surface area contributed by atoms with Gasteiger partial charge in [-0.3, -0.25) is 9.69 Å². The monoisotopic (exact) mass is 332 g/mol. The molecule has 24 heavy (non-hydrogen) atoms. The summed E-state index contributed by atoms with van der Waals surface area (Å²) < 4.78 is 5.48. The molecule has 0 aliphatic carbocycles. The number of furan rings is 1. The van der Waals surface area contributed by atoms with Crippen LogP contribution in [0.4, 0.5) is 0 Å². The largest absolute Gasteiger partial charge is 0.466 e. The Bertz CT molecular complexity index is 571. The summed E-state index contributed by atoms with van der Waals surface area (Å²) in [4.78, 5) is 17.1. The van der Waals surface area contributed by atoms with Crippen molar-refractivity contribution in [2.24, 2.45) is 5.92 Å². The van der Waals surface area contributed by atoms with Gasteiger partial charge in [-0.25, -0.2) is 0 Å². The smallest absolute Gasteiger partial charge is 0.236 e. The summed E-state index contributed by atoms with van der Waals surface area (Å²) >= 11 is 0. The number of carbonyl (C=O) groups is 1. The fraction of sp³-hybridized carbons (Fsp3) is 0.737. The van der Waals surface area contributed by atoms with E-state index in [2.05, 4.69) is 11.8 Å². The zero-order chi connectivity index (χ0) is 16.7. The first-order valence-corrected chi connectivity index (χ1v) is 9.35. The van der Waals surface area contributed by atoms with Gasteiger partial charge in [-0.15, -0.1) is 0 Å². The van der Waals surface area contributed by atoms with Gasteiger partial charge in [-0.2, -0.15) is 0 Å². The highest BCUT2D eigenvalue weighted by Gasteiger charge is 2.50. The number of carbonyl (C=O) groups excluding carboxylic acids is 1. The standard InChI is InChI=1S/C19H28N2O3/c1-14-4-2-8-20(12-14)18(22)13-21-15-6-7-16(21)11-19(23,10-15)17-5-3-9-24-17/h3,5,9,14-16,23H,2,4,6-8,10-13H2,1H3/t14-,15-,16+,19?/m0/s1. The molecule has 1 aromatic heterocycles. The van der Waals surface area contributed by atoms with Gasteiger partial charge >= 0.3 is 0 Å². The van der Waals surface area contributed by atoms with Gasteiger partial charge < -0.3 is 14.4 Å². The summed E-state index contributed by atoms with van der Waals surface area (Å²) in [5, 5.41) is 11.0. The third-order valence-electron chi connectivity index (χ3n) is 6.23. The maximum atomic E-state index is 12.7. The lowest BCUT2D eigenvalue weighted by Gasteiger charge is -2.43. The number of hydrogen-bond acceptors (Lipinski definition) is 4. The van der Waals surface area contributed by atoms with Crippen molar-refractivity contribution in [2.45, 2.75) is 63.1 Å². The number of hydrogen-bond donors (Lipinski definition) is 1. The van der Waals surface area contributed by atoms with Crippen molar-refractivity contribution in [3.05, 3.63) is 24.2 Å². The van der Waals surface area contributed by atoms with Crippen molar-refractivity contribution in [3.8, 4) is 0 Å². The minimum atomic E-state index is -0.867. The third-order valence-corrected chi connectivity index (χ3v) is 6.23. The molecule has 4 heterocycles. The molecule has 0 radical (unpaired) electrons. The molecule has 1 unspecified atom stereocenters. The lowest BCUT2D eigenvalue weighted by atomic mass is 9.84. The fourth-order valence-corrected chi connectivity index (χ4v) is 4.99. The molecule has 4 atom stereocenters. The summed E-state index contributed by atoms with van der Waals surface area (Å²) in [7, 11) is 0. The molecule has 0 saturated carbocycles. The minimum absolute atomic E-state index is 0.266. The molecule has 0 spiro atoms. The summed E-state index contributed by atoms with van der Waals surface area (Å²) in [5.41, 5.74) is -0.867. The van der Waals surface area contributed by atoms with Crippen molar-refractivity contribution in [1.82, 2.24) is 9.80 Å². The van der Waals surface area contributed by atoms with Crippen LogP contribution in [-0.4, -0.2) is 52.5 Å². The molecule has 0 aromatic carbocycles. The Morgan fingerprint density at radius 2 is 2.08 bits per heavy atom. The summed E-state index contributed by atoms with van der Waals surface area (Å²) in [6, 6.07) is 4.27. The van der Waals surface area contributed by atoms with Crippen LogP contribution < -0.4 is 0 Å². The Kier molecular flexibility index (Phi) is 4.17. The first-order chi connectivity index (χ1) is 11.5. The molecule has 2 bridgehead atoms. The zero-order valence-corrected chi connectivity index (χ0v) is 14.5. The molecule has 1 N–H and O–H groups in total. The average Bonchev–Trinajstić information content (AvgIpc) is 3.17. The highest BCUT2D eigenvalue weighted by atomic mass is 16.4. The Labute approximate surface area is 143 Å². The molecule has 132 valence electrons. The normalized spacial score (nSPS) is 36.9. The van der Waals surface area contributed by atoms with Crippen LogP contribution in [0.1, 0.15) is 51.2 Å². The molecule has 3 fully saturated rings. The third kappa shape index (κ3) is 2.88. The van der Waals surface area contributed by atoms with Crippen molar-refractivity contribution >= 4 is 5.91 Å².